The highest BCUT2D eigenvalue weighted by Crippen LogP contribution is 2.32. The molecule has 0 bridgehead atoms. The summed E-state index contributed by atoms with van der Waals surface area (Å²) in [5.41, 5.74) is 6.25. The largest absolute Gasteiger partial charge is 0.489 e. The quantitative estimate of drug-likeness (QED) is 0.205. The van der Waals surface area contributed by atoms with Crippen molar-refractivity contribution in [1.82, 2.24) is 4.57 Å². The third-order valence-corrected chi connectivity index (χ3v) is 7.89. The maximum Gasteiger partial charge on any atom is 0.251 e. The topological polar surface area (TPSA) is 73.5 Å². The van der Waals surface area contributed by atoms with Gasteiger partial charge in [0.2, 0.25) is 0 Å². The van der Waals surface area contributed by atoms with Crippen LogP contribution in [0.4, 0.5) is 0 Å². The van der Waals surface area contributed by atoms with E-state index in [1.54, 1.807) is 29.9 Å². The maximum atomic E-state index is 13.5. The Hall–Kier alpha value is -4.70. The third-order valence-electron chi connectivity index (χ3n) is 7.89. The number of hydrogen-bond donors (Lipinski definition) is 0. The van der Waals surface area contributed by atoms with Crippen LogP contribution in [0.3, 0.4) is 0 Å². The van der Waals surface area contributed by atoms with Crippen LogP contribution in [-0.2, 0) is 22.6 Å². The zero-order valence-corrected chi connectivity index (χ0v) is 23.5. The van der Waals surface area contributed by atoms with Gasteiger partial charge in [-0.2, -0.15) is 5.26 Å². The second kappa shape index (κ2) is 12.4. The summed E-state index contributed by atoms with van der Waals surface area (Å²) < 4.78 is 19.7. The number of aromatic nitrogens is 1. The number of pyridine rings is 1. The number of nitrogens with zero attached hydrogens (tertiary/aromatic N) is 2. The van der Waals surface area contributed by atoms with Crippen LogP contribution >= 0.6 is 0 Å². The molecular weight excluding hydrogens is 524 g/mol. The molecular formula is C36H32N2O4. The Morgan fingerprint density at radius 2 is 1.76 bits per heavy atom. The van der Waals surface area contributed by atoms with E-state index in [1.807, 2.05) is 66.7 Å². The lowest BCUT2D eigenvalue weighted by molar-refractivity contribution is -0.0599. The van der Waals surface area contributed by atoms with Gasteiger partial charge in [-0.05, 0) is 64.6 Å². The van der Waals surface area contributed by atoms with Gasteiger partial charge in [-0.1, -0.05) is 60.7 Å². The van der Waals surface area contributed by atoms with Gasteiger partial charge in [0.1, 0.15) is 12.4 Å². The molecule has 42 heavy (non-hydrogen) atoms. The van der Waals surface area contributed by atoms with Crippen LogP contribution < -0.4 is 10.3 Å². The fraction of sp³-hybridized carbons (Fsp3) is 0.222. The van der Waals surface area contributed by atoms with Crippen molar-refractivity contribution in [2.45, 2.75) is 38.2 Å². The van der Waals surface area contributed by atoms with E-state index >= 15 is 0 Å². The molecule has 0 aliphatic carbocycles. The van der Waals surface area contributed by atoms with Crippen LogP contribution in [0.5, 0.6) is 5.75 Å². The zero-order chi connectivity index (χ0) is 28.9. The van der Waals surface area contributed by atoms with Crippen LogP contribution in [-0.4, -0.2) is 24.4 Å². The van der Waals surface area contributed by atoms with Crippen molar-refractivity contribution in [2.75, 3.05) is 13.7 Å². The number of ether oxygens (including phenoxy) is 3. The second-order valence-corrected chi connectivity index (χ2v) is 10.6. The molecule has 0 amide bonds. The van der Waals surface area contributed by atoms with Crippen LogP contribution in [0, 0.1) is 11.3 Å². The minimum Gasteiger partial charge on any atom is -0.489 e. The molecule has 0 radical (unpaired) electrons. The van der Waals surface area contributed by atoms with Gasteiger partial charge >= 0.3 is 0 Å². The molecule has 0 N–H and O–H groups in total. The molecule has 1 fully saturated rings. The van der Waals surface area contributed by atoms with Gasteiger partial charge in [-0.15, -0.1) is 0 Å². The first kappa shape index (κ1) is 27.5. The molecule has 6 nitrogen and oxygen atoms in total. The average molecular weight is 557 g/mol. The molecule has 2 unspecified atom stereocenters. The number of nitriles is 1. The lowest BCUT2D eigenvalue weighted by Crippen LogP contribution is -2.25. The van der Waals surface area contributed by atoms with E-state index in [0.717, 1.165) is 51.6 Å². The standard InChI is InChI=1S/C36H32N2O4/c1-40-30-16-17-41-35(20-30)29-9-5-6-27(18-29)24-42-31-14-15-32-33(28-7-3-2-4-8-28)21-36(39)38(34(32)19-31)23-26-12-10-25(22-37)11-13-26/h2-15,18-19,21,30,35H,16-17,20,23-24H2,1H3. The summed E-state index contributed by atoms with van der Waals surface area (Å²) in [4.78, 5) is 13.5. The first-order valence-electron chi connectivity index (χ1n) is 14.2. The van der Waals surface area contributed by atoms with Crippen molar-refractivity contribution in [2.24, 2.45) is 0 Å². The lowest BCUT2D eigenvalue weighted by atomic mass is 9.98. The molecule has 6 rings (SSSR count). The van der Waals surface area contributed by atoms with Gasteiger partial charge in [0, 0.05) is 37.7 Å². The summed E-state index contributed by atoms with van der Waals surface area (Å²) in [6, 6.07) is 35.4. The summed E-state index contributed by atoms with van der Waals surface area (Å²) in [7, 11) is 1.76. The molecule has 2 atom stereocenters. The fourth-order valence-corrected chi connectivity index (χ4v) is 5.60. The van der Waals surface area contributed by atoms with E-state index in [4.69, 9.17) is 14.2 Å². The number of hydrogen-bond acceptors (Lipinski definition) is 5. The normalized spacial score (nSPS) is 16.7. The average Bonchev–Trinajstić information content (AvgIpc) is 3.05. The predicted octanol–water partition coefficient (Wildman–Crippen LogP) is 7.03. The fourth-order valence-electron chi connectivity index (χ4n) is 5.60. The molecule has 0 saturated carbocycles. The molecule has 210 valence electrons. The van der Waals surface area contributed by atoms with Crippen molar-refractivity contribution in [3.8, 4) is 22.9 Å². The number of benzene rings is 4. The first-order valence-corrected chi connectivity index (χ1v) is 14.2. The number of fused-ring (bicyclic) bond motifs is 1. The van der Waals surface area contributed by atoms with Crippen LogP contribution in [0.2, 0.25) is 0 Å². The van der Waals surface area contributed by atoms with Crippen LogP contribution in [0.25, 0.3) is 22.0 Å². The summed E-state index contributed by atoms with van der Waals surface area (Å²) in [5, 5.41) is 10.1. The summed E-state index contributed by atoms with van der Waals surface area (Å²) in [5.74, 6) is 0.680. The monoisotopic (exact) mass is 556 g/mol. The maximum absolute atomic E-state index is 13.5. The Balaban J connectivity index is 1.32. The highest BCUT2D eigenvalue weighted by Gasteiger charge is 2.24. The third kappa shape index (κ3) is 5.99. The molecule has 4 aromatic carbocycles. The van der Waals surface area contributed by atoms with Crippen molar-refractivity contribution < 1.29 is 14.2 Å². The molecule has 1 aliphatic rings. The van der Waals surface area contributed by atoms with Crippen LogP contribution in [0.15, 0.2) is 108 Å². The van der Waals surface area contributed by atoms with Crippen molar-refractivity contribution in [3.63, 3.8) is 0 Å². The molecule has 1 saturated heterocycles. The predicted molar refractivity (Wildman–Crippen MR) is 163 cm³/mol. The smallest absolute Gasteiger partial charge is 0.251 e. The summed E-state index contributed by atoms with van der Waals surface area (Å²) in [6.45, 7) is 1.46. The van der Waals surface area contributed by atoms with E-state index < -0.39 is 0 Å². The molecule has 1 aromatic heterocycles. The Bertz CT molecular complexity index is 1790. The van der Waals surface area contributed by atoms with Gasteiger partial charge < -0.3 is 18.8 Å². The van der Waals surface area contributed by atoms with E-state index in [-0.39, 0.29) is 17.8 Å². The molecule has 0 spiro atoms. The lowest BCUT2D eigenvalue weighted by Gasteiger charge is -2.29. The highest BCUT2D eigenvalue weighted by molar-refractivity contribution is 5.95. The molecule has 6 heteroatoms. The van der Waals surface area contributed by atoms with Gasteiger partial charge in [-0.3, -0.25) is 4.79 Å². The van der Waals surface area contributed by atoms with Crippen LogP contribution in [0.1, 0.15) is 41.2 Å². The van der Waals surface area contributed by atoms with E-state index in [1.165, 1.54) is 0 Å². The minimum atomic E-state index is -0.0996. The Labute approximate surface area is 245 Å². The van der Waals surface area contributed by atoms with Gasteiger partial charge in [0.15, 0.2) is 0 Å². The van der Waals surface area contributed by atoms with Crippen molar-refractivity contribution in [1.29, 1.82) is 5.26 Å². The van der Waals surface area contributed by atoms with Gasteiger partial charge in [0.25, 0.3) is 5.56 Å². The Morgan fingerprint density at radius 3 is 2.55 bits per heavy atom. The first-order chi connectivity index (χ1) is 20.6. The van der Waals surface area contributed by atoms with Crippen molar-refractivity contribution >= 4 is 10.9 Å². The highest BCUT2D eigenvalue weighted by atomic mass is 16.5. The number of rotatable bonds is 8. The summed E-state index contributed by atoms with van der Waals surface area (Å²) in [6.07, 6.45) is 1.98. The van der Waals surface area contributed by atoms with Crippen molar-refractivity contribution in [3.05, 3.63) is 136 Å². The van der Waals surface area contributed by atoms with Gasteiger partial charge in [-0.25, -0.2) is 0 Å². The number of methoxy groups -OCH3 is 1. The SMILES string of the molecule is COC1CCOC(c2cccc(COc3ccc4c(-c5ccccc5)cc(=O)n(Cc5ccc(C#N)cc5)c4c3)c2)C1. The molecule has 5 aromatic rings. The summed E-state index contributed by atoms with van der Waals surface area (Å²) >= 11 is 0. The van der Waals surface area contributed by atoms with E-state index in [2.05, 4.69) is 24.3 Å². The molecule has 2 heterocycles. The molecule has 1 aliphatic heterocycles. The van der Waals surface area contributed by atoms with Gasteiger partial charge in [0.05, 0.1) is 35.9 Å². The zero-order valence-electron chi connectivity index (χ0n) is 23.5. The second-order valence-electron chi connectivity index (χ2n) is 10.6. The van der Waals surface area contributed by atoms with E-state index in [9.17, 15) is 10.1 Å². The Kier molecular flexibility index (Phi) is 8.14. The minimum absolute atomic E-state index is 0.0115. The van der Waals surface area contributed by atoms with E-state index in [0.29, 0.717) is 31.1 Å². The Morgan fingerprint density at radius 1 is 0.929 bits per heavy atom.